The van der Waals surface area contributed by atoms with Gasteiger partial charge in [-0.25, -0.2) is 0 Å². The molecule has 0 aliphatic rings. The smallest absolute Gasteiger partial charge is 0.254 e. The number of carbonyl (C=O) groups excluding carboxylic acids is 2. The standard InChI is InChI=1S/C34H42O5P/c1-32(2,3)21-19-23(33(4,5)6)28(24(20-21)34(7,8)9)30(35)22-15-12-13-18-27(22)40(37)31(36)29-25(38-10)16-14-17-26(29)39-11/h12-20H,1-11H3. The number of rotatable bonds is 7. The summed E-state index contributed by atoms with van der Waals surface area (Å²) in [6, 6.07) is 15.9. The van der Waals surface area contributed by atoms with E-state index in [4.69, 9.17) is 9.47 Å². The Balaban J connectivity index is 2.30. The normalized spacial score (nSPS) is 12.6. The average molecular weight is 562 g/mol. The van der Waals surface area contributed by atoms with Crippen LogP contribution in [0.3, 0.4) is 0 Å². The average Bonchev–Trinajstić information content (AvgIpc) is 2.88. The highest BCUT2D eigenvalue weighted by Gasteiger charge is 2.34. The number of hydrogen-bond acceptors (Lipinski definition) is 5. The molecule has 0 spiro atoms. The van der Waals surface area contributed by atoms with E-state index in [1.807, 2.05) is 0 Å². The van der Waals surface area contributed by atoms with Crippen LogP contribution in [-0.2, 0) is 20.8 Å². The molecule has 0 heterocycles. The van der Waals surface area contributed by atoms with E-state index in [2.05, 4.69) is 74.4 Å². The van der Waals surface area contributed by atoms with Gasteiger partial charge in [0.2, 0.25) is 0 Å². The molecule has 1 unspecified atom stereocenters. The van der Waals surface area contributed by atoms with Gasteiger partial charge in [-0.1, -0.05) is 92.6 Å². The van der Waals surface area contributed by atoms with Gasteiger partial charge in [-0.2, -0.15) is 0 Å². The molecule has 1 radical (unpaired) electrons. The highest BCUT2D eigenvalue weighted by molar-refractivity contribution is 7.71. The molecule has 40 heavy (non-hydrogen) atoms. The van der Waals surface area contributed by atoms with Crippen LogP contribution >= 0.6 is 7.80 Å². The first-order valence-electron chi connectivity index (χ1n) is 13.5. The predicted molar refractivity (Wildman–Crippen MR) is 164 cm³/mol. The van der Waals surface area contributed by atoms with Gasteiger partial charge in [0.1, 0.15) is 17.1 Å². The lowest BCUT2D eigenvalue weighted by Crippen LogP contribution is -2.28. The number of hydrogen-bond donors (Lipinski definition) is 0. The topological polar surface area (TPSA) is 69.7 Å². The van der Waals surface area contributed by atoms with Crippen molar-refractivity contribution in [1.82, 2.24) is 0 Å². The second-order valence-electron chi connectivity index (χ2n) is 13.2. The van der Waals surface area contributed by atoms with Crippen molar-refractivity contribution in [2.24, 2.45) is 0 Å². The van der Waals surface area contributed by atoms with E-state index in [1.54, 1.807) is 42.5 Å². The minimum Gasteiger partial charge on any atom is -0.496 e. The first-order chi connectivity index (χ1) is 18.4. The SMILES string of the molecule is COc1cccc(OC)c1C(=O)[P](=O)c1ccccc1C(=O)c1c(C(C)(C)C)cc(C(C)(C)C)cc1C(C)(C)C. The highest BCUT2D eigenvalue weighted by atomic mass is 31.1. The first-order valence-corrected chi connectivity index (χ1v) is 14.7. The second kappa shape index (κ2) is 11.3. The lowest BCUT2D eigenvalue weighted by molar-refractivity contribution is 0.103. The summed E-state index contributed by atoms with van der Waals surface area (Å²) in [7, 11) is 0.217. The fourth-order valence-corrected chi connectivity index (χ4v) is 6.01. The van der Waals surface area contributed by atoms with Crippen molar-refractivity contribution in [3.05, 3.63) is 88.0 Å². The number of ketones is 1. The van der Waals surface area contributed by atoms with Crippen LogP contribution in [-0.4, -0.2) is 25.5 Å². The molecule has 1 atom stereocenters. The molecule has 3 aromatic rings. The van der Waals surface area contributed by atoms with Gasteiger partial charge in [-0.05, 0) is 57.2 Å². The molecule has 0 saturated heterocycles. The maximum Gasteiger partial charge on any atom is 0.254 e. The van der Waals surface area contributed by atoms with Crippen LogP contribution in [0.5, 0.6) is 11.5 Å². The summed E-state index contributed by atoms with van der Waals surface area (Å²) in [4.78, 5) is 28.3. The Morgan fingerprint density at radius 1 is 0.650 bits per heavy atom. The molecule has 0 N–H and O–H groups in total. The Morgan fingerprint density at radius 2 is 1.12 bits per heavy atom. The van der Waals surface area contributed by atoms with Crippen LogP contribution in [0.25, 0.3) is 0 Å². The van der Waals surface area contributed by atoms with Crippen molar-refractivity contribution in [2.45, 2.75) is 78.6 Å². The first kappa shape index (κ1) is 31.2. The third-order valence-electron chi connectivity index (χ3n) is 7.04. The summed E-state index contributed by atoms with van der Waals surface area (Å²) >= 11 is 0. The van der Waals surface area contributed by atoms with Crippen molar-refractivity contribution < 1.29 is 23.6 Å². The zero-order chi connectivity index (χ0) is 30.2. The second-order valence-corrected chi connectivity index (χ2v) is 14.7. The molecule has 213 valence electrons. The fourth-order valence-electron chi connectivity index (χ4n) is 4.75. The van der Waals surface area contributed by atoms with Crippen LogP contribution in [0.1, 0.15) is 105 Å². The molecule has 0 fully saturated rings. The number of ether oxygens (including phenoxy) is 2. The quantitative estimate of drug-likeness (QED) is 0.215. The molecular weight excluding hydrogens is 519 g/mol. The van der Waals surface area contributed by atoms with E-state index in [0.717, 1.165) is 16.7 Å². The molecule has 3 aromatic carbocycles. The summed E-state index contributed by atoms with van der Waals surface area (Å²) in [5, 5.41) is 0.195. The molecule has 0 aromatic heterocycles. The molecule has 0 aliphatic carbocycles. The molecule has 3 rings (SSSR count). The monoisotopic (exact) mass is 561 g/mol. The van der Waals surface area contributed by atoms with Gasteiger partial charge in [0.15, 0.2) is 13.6 Å². The fraction of sp³-hybridized carbons (Fsp3) is 0.412. The minimum atomic E-state index is -2.67. The predicted octanol–water partition coefficient (Wildman–Crippen LogP) is 8.12. The minimum absolute atomic E-state index is 0.0937. The Kier molecular flexibility index (Phi) is 8.82. The van der Waals surface area contributed by atoms with Crippen molar-refractivity contribution in [3.8, 4) is 11.5 Å². The molecule has 6 heteroatoms. The zero-order valence-corrected chi connectivity index (χ0v) is 26.6. The summed E-state index contributed by atoms with van der Waals surface area (Å²) in [5.41, 5.74) is 2.50. The third-order valence-corrected chi connectivity index (χ3v) is 8.46. The van der Waals surface area contributed by atoms with Gasteiger partial charge >= 0.3 is 0 Å². The lowest BCUT2D eigenvalue weighted by Gasteiger charge is -2.33. The summed E-state index contributed by atoms with van der Waals surface area (Å²) in [6.07, 6.45) is 0. The largest absolute Gasteiger partial charge is 0.496 e. The number of benzene rings is 3. The van der Waals surface area contributed by atoms with Crippen molar-refractivity contribution in [2.75, 3.05) is 14.2 Å². The summed E-state index contributed by atoms with van der Waals surface area (Å²) < 4.78 is 24.7. The number of carbonyl (C=O) groups is 2. The Bertz CT molecular complexity index is 1410. The van der Waals surface area contributed by atoms with Crippen molar-refractivity contribution in [1.29, 1.82) is 0 Å². The Labute approximate surface area is 240 Å². The van der Waals surface area contributed by atoms with Crippen molar-refractivity contribution in [3.63, 3.8) is 0 Å². The summed E-state index contributed by atoms with van der Waals surface area (Å²) in [5.74, 6) is 0.285. The van der Waals surface area contributed by atoms with Crippen LogP contribution in [0, 0.1) is 0 Å². The maximum atomic E-state index is 14.6. The van der Waals surface area contributed by atoms with Gasteiger partial charge in [-0.3, -0.25) is 14.2 Å². The molecule has 0 aliphatic heterocycles. The van der Waals surface area contributed by atoms with Gasteiger partial charge in [0.05, 0.1) is 19.5 Å². The lowest BCUT2D eigenvalue weighted by atomic mass is 9.71. The van der Waals surface area contributed by atoms with Crippen LogP contribution in [0.15, 0.2) is 54.6 Å². The zero-order valence-electron chi connectivity index (χ0n) is 25.7. The van der Waals surface area contributed by atoms with E-state index < -0.39 is 13.3 Å². The van der Waals surface area contributed by atoms with E-state index >= 15 is 0 Å². The molecule has 0 bridgehead atoms. The highest BCUT2D eigenvalue weighted by Crippen LogP contribution is 2.41. The molecule has 0 saturated carbocycles. The molecule has 0 amide bonds. The van der Waals surface area contributed by atoms with Crippen LogP contribution in [0.2, 0.25) is 0 Å². The van der Waals surface area contributed by atoms with Crippen LogP contribution in [0.4, 0.5) is 0 Å². The van der Waals surface area contributed by atoms with Gasteiger partial charge in [0.25, 0.3) is 5.52 Å². The van der Waals surface area contributed by atoms with Gasteiger partial charge < -0.3 is 9.47 Å². The maximum absolute atomic E-state index is 14.6. The van der Waals surface area contributed by atoms with Gasteiger partial charge in [0, 0.05) is 11.1 Å². The number of methoxy groups -OCH3 is 2. The van der Waals surface area contributed by atoms with E-state index in [9.17, 15) is 14.2 Å². The van der Waals surface area contributed by atoms with E-state index in [-0.39, 0.29) is 50.0 Å². The molecule has 5 nitrogen and oxygen atoms in total. The third kappa shape index (κ3) is 6.20. The molecular formula is C34H42O5P. The Hall–Kier alpha value is -3.30. The van der Waals surface area contributed by atoms with E-state index in [1.165, 1.54) is 14.2 Å². The van der Waals surface area contributed by atoms with Gasteiger partial charge in [-0.15, -0.1) is 0 Å². The summed E-state index contributed by atoms with van der Waals surface area (Å²) in [6.45, 7) is 19.1. The van der Waals surface area contributed by atoms with E-state index in [0.29, 0.717) is 5.56 Å². The van der Waals surface area contributed by atoms with Crippen molar-refractivity contribution >= 4 is 24.4 Å². The van der Waals surface area contributed by atoms with Crippen LogP contribution < -0.4 is 14.8 Å². The Morgan fingerprint density at radius 3 is 1.55 bits per heavy atom.